The van der Waals surface area contributed by atoms with Crippen molar-refractivity contribution in [1.29, 1.82) is 0 Å². The Balaban J connectivity index is 1.88. The van der Waals surface area contributed by atoms with Gasteiger partial charge in [-0.1, -0.05) is 31.0 Å². The summed E-state index contributed by atoms with van der Waals surface area (Å²) in [5.41, 5.74) is 3.02. The molecule has 1 fully saturated rings. The summed E-state index contributed by atoms with van der Waals surface area (Å²) in [7, 11) is 0. The first-order valence-electron chi connectivity index (χ1n) is 5.37. The molecule has 74 valence electrons. The van der Waals surface area contributed by atoms with Gasteiger partial charge >= 0.3 is 0 Å². The van der Waals surface area contributed by atoms with E-state index in [1.165, 1.54) is 31.5 Å². The zero-order valence-corrected chi connectivity index (χ0v) is 10.3. The zero-order chi connectivity index (χ0) is 9.54. The highest BCUT2D eigenvalue weighted by Crippen LogP contribution is 2.45. The molecule has 2 heteroatoms. The summed E-state index contributed by atoms with van der Waals surface area (Å²) in [5.74, 6) is 1.84. The number of anilines is 1. The van der Waals surface area contributed by atoms with Crippen molar-refractivity contribution in [3.63, 3.8) is 0 Å². The molecule has 0 N–H and O–H groups in total. The van der Waals surface area contributed by atoms with Gasteiger partial charge in [0.1, 0.15) is 0 Å². The first-order chi connectivity index (χ1) is 6.84. The number of hydrogen-bond donors (Lipinski definition) is 0. The summed E-state index contributed by atoms with van der Waals surface area (Å²) in [4.78, 5) is 0. The molecule has 3 rings (SSSR count). The second-order valence-electron chi connectivity index (χ2n) is 4.48. The fourth-order valence-electron chi connectivity index (χ4n) is 2.40. The Kier molecular flexibility index (Phi) is 2.19. The van der Waals surface area contributed by atoms with Crippen molar-refractivity contribution in [3.05, 3.63) is 29.8 Å². The van der Waals surface area contributed by atoms with E-state index in [1.54, 1.807) is 5.56 Å². The van der Waals surface area contributed by atoms with Gasteiger partial charge in [-0.15, -0.1) is 0 Å². The van der Waals surface area contributed by atoms with Crippen LogP contribution in [0.3, 0.4) is 0 Å². The van der Waals surface area contributed by atoms with Gasteiger partial charge in [0.25, 0.3) is 0 Å². The van der Waals surface area contributed by atoms with Crippen LogP contribution in [0.15, 0.2) is 24.3 Å². The molecule has 0 saturated heterocycles. The molecule has 1 aliphatic carbocycles. The zero-order valence-electron chi connectivity index (χ0n) is 8.12. The number of hydrogen-bond acceptors (Lipinski definition) is 1. The quantitative estimate of drug-likeness (QED) is 0.594. The van der Waals surface area contributed by atoms with Gasteiger partial charge in [-0.3, -0.25) is 0 Å². The molecule has 0 aromatic heterocycles. The average molecular weight is 299 g/mol. The molecule has 14 heavy (non-hydrogen) atoms. The number of benzene rings is 1. The van der Waals surface area contributed by atoms with Crippen molar-refractivity contribution in [2.75, 3.05) is 9.66 Å². The molecule has 1 aromatic rings. The average Bonchev–Trinajstić information content (AvgIpc) is 2.95. The van der Waals surface area contributed by atoms with E-state index in [1.807, 2.05) is 0 Å². The number of nitrogens with zero attached hydrogens (tertiary/aromatic N) is 1. The smallest absolute Gasteiger partial charge is 0.0591 e. The lowest BCUT2D eigenvalue weighted by molar-refractivity contribution is 0.612. The molecule has 2 aliphatic rings. The van der Waals surface area contributed by atoms with Crippen LogP contribution < -0.4 is 3.11 Å². The summed E-state index contributed by atoms with van der Waals surface area (Å²) in [6.45, 7) is 1.22. The van der Waals surface area contributed by atoms with E-state index in [-0.39, 0.29) is 0 Å². The maximum absolute atomic E-state index is 2.44. The molecule has 1 nitrogen and oxygen atoms in total. The lowest BCUT2D eigenvalue weighted by Gasteiger charge is -2.09. The minimum Gasteiger partial charge on any atom is -0.314 e. The summed E-state index contributed by atoms with van der Waals surface area (Å²) in [5, 5.41) is 0. The van der Waals surface area contributed by atoms with Gasteiger partial charge in [-0.05, 0) is 24.0 Å². The van der Waals surface area contributed by atoms with Crippen molar-refractivity contribution >= 4 is 28.6 Å². The Morgan fingerprint density at radius 3 is 2.86 bits per heavy atom. The Morgan fingerprint density at radius 1 is 1.29 bits per heavy atom. The molecule has 0 spiro atoms. The minimum absolute atomic E-state index is 0.801. The van der Waals surface area contributed by atoms with Gasteiger partial charge < -0.3 is 3.11 Å². The maximum atomic E-state index is 2.44. The minimum atomic E-state index is 0.801. The first-order valence-corrected chi connectivity index (χ1v) is 6.33. The van der Waals surface area contributed by atoms with Crippen LogP contribution in [0, 0.1) is 5.92 Å². The van der Waals surface area contributed by atoms with E-state index < -0.39 is 0 Å². The van der Waals surface area contributed by atoms with Crippen molar-refractivity contribution in [3.8, 4) is 0 Å². The second kappa shape index (κ2) is 3.40. The van der Waals surface area contributed by atoms with Gasteiger partial charge in [0.15, 0.2) is 0 Å². The second-order valence-corrected chi connectivity index (χ2v) is 5.64. The van der Waals surface area contributed by atoms with Crippen LogP contribution in [0.25, 0.3) is 0 Å². The summed E-state index contributed by atoms with van der Waals surface area (Å²) in [6, 6.07) is 8.87. The molecule has 0 amide bonds. The third-order valence-electron chi connectivity index (χ3n) is 3.33. The van der Waals surface area contributed by atoms with E-state index >= 15 is 0 Å². The van der Waals surface area contributed by atoms with Crippen LogP contribution in [-0.2, 0) is 0 Å². The van der Waals surface area contributed by atoms with E-state index in [0.717, 1.165) is 11.8 Å². The van der Waals surface area contributed by atoms with Crippen molar-refractivity contribution in [1.82, 2.24) is 0 Å². The van der Waals surface area contributed by atoms with Crippen LogP contribution in [0.4, 0.5) is 5.69 Å². The summed E-state index contributed by atoms with van der Waals surface area (Å²) >= 11 is 2.44. The highest BCUT2D eigenvalue weighted by Gasteiger charge is 2.32. The number of halogens is 1. The molecule has 1 unspecified atom stereocenters. The van der Waals surface area contributed by atoms with Crippen LogP contribution >= 0.6 is 22.9 Å². The molecular formula is C12H14IN. The first kappa shape index (κ1) is 9.01. The third kappa shape index (κ3) is 1.53. The number of rotatable bonds is 2. The molecular weight excluding hydrogens is 285 g/mol. The largest absolute Gasteiger partial charge is 0.314 e. The normalized spacial score (nSPS) is 25.2. The van der Waals surface area contributed by atoms with Gasteiger partial charge in [0.2, 0.25) is 0 Å². The molecule has 1 heterocycles. The molecule has 1 atom stereocenters. The lowest BCUT2D eigenvalue weighted by atomic mass is 9.96. The Labute approximate surface area is 99.0 Å². The van der Waals surface area contributed by atoms with E-state index in [4.69, 9.17) is 0 Å². The predicted molar refractivity (Wildman–Crippen MR) is 67.9 cm³/mol. The molecule has 0 bridgehead atoms. The predicted octanol–water partition coefficient (Wildman–Crippen LogP) is 3.74. The van der Waals surface area contributed by atoms with E-state index in [9.17, 15) is 0 Å². The third-order valence-corrected chi connectivity index (χ3v) is 4.25. The maximum Gasteiger partial charge on any atom is 0.0591 e. The highest BCUT2D eigenvalue weighted by atomic mass is 127. The fraction of sp³-hybridized carbons (Fsp3) is 0.500. The highest BCUT2D eigenvalue weighted by molar-refractivity contribution is 14.1. The summed E-state index contributed by atoms with van der Waals surface area (Å²) in [6.07, 6.45) is 4.36. The topological polar surface area (TPSA) is 3.24 Å². The number of para-hydroxylation sites is 1. The van der Waals surface area contributed by atoms with Crippen molar-refractivity contribution < 1.29 is 0 Å². The fourth-order valence-corrected chi connectivity index (χ4v) is 3.32. The van der Waals surface area contributed by atoms with E-state index in [0.29, 0.717) is 0 Å². The molecule has 1 aliphatic heterocycles. The Bertz CT molecular complexity index is 344. The lowest BCUT2D eigenvalue weighted by Crippen LogP contribution is -2.08. The number of fused-ring (bicyclic) bond motifs is 1. The van der Waals surface area contributed by atoms with Gasteiger partial charge in [-0.25, -0.2) is 0 Å². The summed E-state index contributed by atoms with van der Waals surface area (Å²) < 4.78 is 2.38. The van der Waals surface area contributed by atoms with Gasteiger partial charge in [-0.2, -0.15) is 0 Å². The standard InChI is InChI=1S/C12H14IN/c13-14-8-10(7-9-5-6-9)11-3-1-2-4-12(11)14/h1-4,9-10H,5-8H2. The van der Waals surface area contributed by atoms with Crippen molar-refractivity contribution in [2.45, 2.75) is 25.2 Å². The Morgan fingerprint density at radius 2 is 2.07 bits per heavy atom. The van der Waals surface area contributed by atoms with Gasteiger partial charge in [0.05, 0.1) is 22.9 Å². The Hall–Kier alpha value is -0.250. The van der Waals surface area contributed by atoms with Crippen molar-refractivity contribution in [2.24, 2.45) is 5.92 Å². The molecule has 1 aromatic carbocycles. The monoisotopic (exact) mass is 299 g/mol. The van der Waals surface area contributed by atoms with Crippen LogP contribution in [-0.4, -0.2) is 6.54 Å². The molecule has 0 radical (unpaired) electrons. The van der Waals surface area contributed by atoms with Crippen LogP contribution in [0.1, 0.15) is 30.7 Å². The molecule has 1 saturated carbocycles. The van der Waals surface area contributed by atoms with Crippen LogP contribution in [0.2, 0.25) is 0 Å². The SMILES string of the molecule is IN1CC(CC2CC2)c2ccccc21. The van der Waals surface area contributed by atoms with Gasteiger partial charge in [0, 0.05) is 18.2 Å². The van der Waals surface area contributed by atoms with Crippen LogP contribution in [0.5, 0.6) is 0 Å². The van der Waals surface area contributed by atoms with E-state index in [2.05, 4.69) is 50.2 Å².